The number of hydrogen-bond donors (Lipinski definition) is 2. The van der Waals surface area contributed by atoms with Gasteiger partial charge in [-0.1, -0.05) is 29.4 Å². The quantitative estimate of drug-likeness (QED) is 0.591. The Morgan fingerprint density at radius 1 is 1.15 bits per heavy atom. The summed E-state index contributed by atoms with van der Waals surface area (Å²) in [6.45, 7) is 0.445. The average Bonchev–Trinajstić information content (AvgIpc) is 3.27. The molecule has 4 rings (SSSR count). The van der Waals surface area contributed by atoms with E-state index in [2.05, 4.69) is 15.6 Å². The van der Waals surface area contributed by atoms with Crippen molar-refractivity contribution >= 4 is 50.0 Å². The molecule has 33 heavy (non-hydrogen) atoms. The van der Waals surface area contributed by atoms with Gasteiger partial charge < -0.3 is 20.1 Å². The molecule has 0 unspecified atom stereocenters. The van der Waals surface area contributed by atoms with E-state index in [1.807, 2.05) is 18.2 Å². The predicted molar refractivity (Wildman–Crippen MR) is 132 cm³/mol. The SMILES string of the molecule is COc1ccc(CCNC(=O)c2ccc(Cl)c(NC3=N[C@H]4CS(=O)(=O)C[C@@H]4S3)c2)cc1OC. The van der Waals surface area contributed by atoms with Crippen molar-refractivity contribution in [3.05, 3.63) is 52.5 Å². The largest absolute Gasteiger partial charge is 0.493 e. The smallest absolute Gasteiger partial charge is 0.251 e. The summed E-state index contributed by atoms with van der Waals surface area (Å²) in [5.41, 5.74) is 2.02. The number of amides is 1. The van der Waals surface area contributed by atoms with Crippen molar-refractivity contribution in [1.29, 1.82) is 0 Å². The van der Waals surface area contributed by atoms with Gasteiger partial charge in [-0.3, -0.25) is 9.79 Å². The number of rotatable bonds is 7. The van der Waals surface area contributed by atoms with Crippen molar-refractivity contribution < 1.29 is 22.7 Å². The summed E-state index contributed by atoms with van der Waals surface area (Å²) in [6, 6.07) is 10.4. The number of nitrogens with one attached hydrogen (secondary N) is 2. The van der Waals surface area contributed by atoms with Crippen LogP contribution in [0.25, 0.3) is 0 Å². The van der Waals surface area contributed by atoms with E-state index in [0.717, 1.165) is 5.56 Å². The first-order valence-electron chi connectivity index (χ1n) is 10.3. The lowest BCUT2D eigenvalue weighted by atomic mass is 10.1. The Labute approximate surface area is 202 Å². The van der Waals surface area contributed by atoms with Gasteiger partial charge in [0, 0.05) is 17.4 Å². The molecular formula is C22H24ClN3O5S2. The van der Waals surface area contributed by atoms with Crippen molar-refractivity contribution in [1.82, 2.24) is 5.32 Å². The topological polar surface area (TPSA) is 106 Å². The highest BCUT2D eigenvalue weighted by atomic mass is 35.5. The Morgan fingerprint density at radius 3 is 2.67 bits per heavy atom. The molecule has 2 aromatic rings. The predicted octanol–water partition coefficient (Wildman–Crippen LogP) is 3.01. The van der Waals surface area contributed by atoms with Crippen LogP contribution in [0, 0.1) is 0 Å². The lowest BCUT2D eigenvalue weighted by molar-refractivity contribution is 0.0954. The second kappa shape index (κ2) is 9.82. The molecule has 2 aromatic carbocycles. The summed E-state index contributed by atoms with van der Waals surface area (Å²) >= 11 is 7.71. The summed E-state index contributed by atoms with van der Waals surface area (Å²) in [5.74, 6) is 1.28. The van der Waals surface area contributed by atoms with Crippen LogP contribution in [0.5, 0.6) is 11.5 Å². The monoisotopic (exact) mass is 509 g/mol. The minimum atomic E-state index is -3.01. The number of fused-ring (bicyclic) bond motifs is 1. The molecule has 2 N–H and O–H groups in total. The van der Waals surface area contributed by atoms with Crippen LogP contribution >= 0.6 is 23.4 Å². The minimum absolute atomic E-state index is 0.0701. The zero-order valence-electron chi connectivity index (χ0n) is 18.1. The molecule has 11 heteroatoms. The molecule has 2 aliphatic rings. The molecule has 0 bridgehead atoms. The first-order chi connectivity index (χ1) is 15.8. The molecule has 1 amide bonds. The third-order valence-electron chi connectivity index (χ3n) is 5.44. The van der Waals surface area contributed by atoms with Gasteiger partial charge in [0.05, 0.1) is 42.5 Å². The summed E-state index contributed by atoms with van der Waals surface area (Å²) in [5, 5.41) is 7.05. The highest BCUT2D eigenvalue weighted by Crippen LogP contribution is 2.35. The number of ether oxygens (including phenoxy) is 2. The standard InChI is InChI=1S/C22H24ClN3O5S2/c1-30-18-6-3-13(9-19(18)31-2)7-8-24-21(27)14-4-5-15(23)16(10-14)25-22-26-17-11-33(28,29)12-20(17)32-22/h3-6,9-10,17,20H,7-8,11-12H2,1-2H3,(H,24,27)(H,25,26)/t17-,20-/m0/s1. The molecule has 0 aliphatic carbocycles. The fourth-order valence-corrected chi connectivity index (χ4v) is 7.58. The van der Waals surface area contributed by atoms with Gasteiger partial charge >= 0.3 is 0 Å². The number of methoxy groups -OCH3 is 2. The maximum Gasteiger partial charge on any atom is 0.251 e. The van der Waals surface area contributed by atoms with Crippen LogP contribution in [0.4, 0.5) is 5.69 Å². The zero-order chi connectivity index (χ0) is 23.6. The van der Waals surface area contributed by atoms with Crippen LogP contribution in [0.2, 0.25) is 5.02 Å². The van der Waals surface area contributed by atoms with Gasteiger partial charge in [0.1, 0.15) is 0 Å². The van der Waals surface area contributed by atoms with E-state index in [-0.39, 0.29) is 28.7 Å². The Morgan fingerprint density at radius 2 is 1.94 bits per heavy atom. The van der Waals surface area contributed by atoms with Crippen molar-refractivity contribution in [3.63, 3.8) is 0 Å². The molecule has 1 saturated heterocycles. The second-order valence-electron chi connectivity index (χ2n) is 7.75. The van der Waals surface area contributed by atoms with Gasteiger partial charge in [0.2, 0.25) is 0 Å². The molecule has 0 spiro atoms. The lowest BCUT2D eigenvalue weighted by Crippen LogP contribution is -2.25. The van der Waals surface area contributed by atoms with Gasteiger partial charge in [-0.25, -0.2) is 8.42 Å². The van der Waals surface area contributed by atoms with Crippen LogP contribution in [-0.2, 0) is 16.3 Å². The number of sulfone groups is 1. The van der Waals surface area contributed by atoms with Gasteiger partial charge in [0.25, 0.3) is 5.91 Å². The van der Waals surface area contributed by atoms with Crippen LogP contribution in [-0.4, -0.2) is 63.1 Å². The molecule has 8 nitrogen and oxygen atoms in total. The number of benzene rings is 2. The number of carbonyl (C=O) groups is 1. The second-order valence-corrected chi connectivity index (χ2v) is 11.5. The molecule has 0 radical (unpaired) electrons. The van der Waals surface area contributed by atoms with Gasteiger partial charge in [-0.15, -0.1) is 0 Å². The molecule has 176 valence electrons. The van der Waals surface area contributed by atoms with Gasteiger partial charge in [0.15, 0.2) is 26.5 Å². The summed E-state index contributed by atoms with van der Waals surface area (Å²) in [7, 11) is 0.155. The van der Waals surface area contributed by atoms with E-state index in [1.54, 1.807) is 32.4 Å². The Bertz CT molecular complexity index is 1200. The minimum Gasteiger partial charge on any atom is -0.493 e. The first-order valence-corrected chi connectivity index (χ1v) is 13.4. The van der Waals surface area contributed by atoms with E-state index in [9.17, 15) is 13.2 Å². The zero-order valence-corrected chi connectivity index (χ0v) is 20.5. The van der Waals surface area contributed by atoms with Crippen molar-refractivity contribution in [2.24, 2.45) is 4.99 Å². The number of thioether (sulfide) groups is 1. The van der Waals surface area contributed by atoms with E-state index >= 15 is 0 Å². The summed E-state index contributed by atoms with van der Waals surface area (Å²) in [4.78, 5) is 17.1. The maximum atomic E-state index is 12.7. The van der Waals surface area contributed by atoms with Gasteiger partial charge in [-0.05, 0) is 42.3 Å². The van der Waals surface area contributed by atoms with Gasteiger partial charge in [-0.2, -0.15) is 0 Å². The van der Waals surface area contributed by atoms with Crippen molar-refractivity contribution in [3.8, 4) is 11.5 Å². The van der Waals surface area contributed by atoms with Crippen molar-refractivity contribution in [2.75, 3.05) is 37.6 Å². The number of halogens is 1. The highest BCUT2D eigenvalue weighted by Gasteiger charge is 2.42. The fourth-order valence-electron chi connectivity index (χ4n) is 3.75. The van der Waals surface area contributed by atoms with Crippen LogP contribution < -0.4 is 20.1 Å². The third kappa shape index (κ3) is 5.56. The molecule has 2 heterocycles. The number of hydrogen-bond acceptors (Lipinski definition) is 8. The first kappa shape index (κ1) is 23.7. The molecule has 1 fully saturated rings. The number of anilines is 1. The van der Waals surface area contributed by atoms with E-state index in [0.29, 0.717) is 45.9 Å². The molecule has 2 aliphatic heterocycles. The number of aliphatic imine (C=N–C) groups is 1. The fraction of sp³-hybridized carbons (Fsp3) is 0.364. The van der Waals surface area contributed by atoms with E-state index in [4.69, 9.17) is 21.1 Å². The highest BCUT2D eigenvalue weighted by molar-refractivity contribution is 8.15. The normalized spacial score (nSPS) is 20.6. The number of carbonyl (C=O) groups excluding carboxylic acids is 1. The number of nitrogens with zero attached hydrogens (tertiary/aromatic N) is 1. The molecular weight excluding hydrogens is 486 g/mol. The third-order valence-corrected chi connectivity index (χ3v) is 8.91. The molecule has 2 atom stereocenters. The van der Waals surface area contributed by atoms with Crippen LogP contribution in [0.3, 0.4) is 0 Å². The van der Waals surface area contributed by atoms with E-state index in [1.165, 1.54) is 11.8 Å². The van der Waals surface area contributed by atoms with Crippen LogP contribution in [0.1, 0.15) is 15.9 Å². The van der Waals surface area contributed by atoms with Crippen LogP contribution in [0.15, 0.2) is 41.4 Å². The summed E-state index contributed by atoms with van der Waals surface area (Å²) in [6.07, 6.45) is 0.629. The Hall–Kier alpha value is -2.43. The lowest BCUT2D eigenvalue weighted by Gasteiger charge is -2.12. The molecule has 0 aromatic heterocycles. The van der Waals surface area contributed by atoms with Crippen molar-refractivity contribution in [2.45, 2.75) is 17.7 Å². The summed E-state index contributed by atoms with van der Waals surface area (Å²) < 4.78 is 34.0. The van der Waals surface area contributed by atoms with E-state index < -0.39 is 9.84 Å². The maximum absolute atomic E-state index is 12.7. The Kier molecular flexibility index (Phi) is 7.06. The Balaban J connectivity index is 1.36. The average molecular weight is 510 g/mol. The number of amidine groups is 1. The molecule has 0 saturated carbocycles.